The van der Waals surface area contributed by atoms with Crippen molar-refractivity contribution in [2.45, 2.75) is 40.0 Å². The Morgan fingerprint density at radius 1 is 1.04 bits per heavy atom. The first-order chi connectivity index (χ1) is 12.6. The van der Waals surface area contributed by atoms with Gasteiger partial charge in [0.2, 0.25) is 11.8 Å². The van der Waals surface area contributed by atoms with E-state index in [0.29, 0.717) is 13.0 Å². The molecule has 2 saturated heterocycles. The van der Waals surface area contributed by atoms with Crippen molar-refractivity contribution in [1.29, 1.82) is 0 Å². The number of anilines is 1. The van der Waals surface area contributed by atoms with Crippen molar-refractivity contribution in [2.75, 3.05) is 44.2 Å². The second-order valence-corrected chi connectivity index (χ2v) is 7.30. The Morgan fingerprint density at radius 2 is 1.65 bits per heavy atom. The molecule has 0 N–H and O–H groups in total. The van der Waals surface area contributed by atoms with Gasteiger partial charge in [-0.2, -0.15) is 0 Å². The topological polar surface area (TPSA) is 43.9 Å². The number of aryl methyl sites for hydroxylation is 2. The minimum atomic E-state index is -0.203. The number of nitrogens with zero attached hydrogens (tertiary/aromatic N) is 3. The summed E-state index contributed by atoms with van der Waals surface area (Å²) in [5.41, 5.74) is 3.44. The van der Waals surface area contributed by atoms with Crippen LogP contribution in [0.15, 0.2) is 18.2 Å². The van der Waals surface area contributed by atoms with Crippen LogP contribution in [-0.2, 0) is 22.4 Å². The molecule has 0 spiro atoms. The summed E-state index contributed by atoms with van der Waals surface area (Å²) in [6, 6.07) is 6.26. The van der Waals surface area contributed by atoms with Crippen LogP contribution in [0.1, 0.15) is 38.3 Å². The average Bonchev–Trinajstić information content (AvgIpc) is 3.07. The van der Waals surface area contributed by atoms with Crippen molar-refractivity contribution in [2.24, 2.45) is 5.92 Å². The van der Waals surface area contributed by atoms with E-state index >= 15 is 0 Å². The summed E-state index contributed by atoms with van der Waals surface area (Å²) in [5.74, 6) is 0.0417. The molecule has 2 aliphatic heterocycles. The van der Waals surface area contributed by atoms with Gasteiger partial charge in [-0.1, -0.05) is 39.0 Å². The Balaban J connectivity index is 1.74. The number of amides is 2. The van der Waals surface area contributed by atoms with Gasteiger partial charge in [0, 0.05) is 44.8 Å². The van der Waals surface area contributed by atoms with Crippen LogP contribution in [0.3, 0.4) is 0 Å². The fraction of sp³-hybridized carbons (Fsp3) is 0.619. The molecule has 1 aromatic carbocycles. The highest BCUT2D eigenvalue weighted by molar-refractivity contribution is 6.01. The van der Waals surface area contributed by atoms with Crippen LogP contribution in [0.2, 0.25) is 0 Å². The van der Waals surface area contributed by atoms with E-state index in [4.69, 9.17) is 0 Å². The van der Waals surface area contributed by atoms with Crippen LogP contribution < -0.4 is 4.90 Å². The Labute approximate surface area is 156 Å². The molecule has 2 aliphatic rings. The lowest BCUT2D eigenvalue weighted by Crippen LogP contribution is -2.50. The normalized spacial score (nSPS) is 21.5. The molecule has 1 aromatic rings. The molecule has 2 amide bonds. The maximum Gasteiger partial charge on any atom is 0.228 e. The van der Waals surface area contributed by atoms with Crippen LogP contribution in [-0.4, -0.2) is 60.9 Å². The SMILES string of the molecule is CCc1cccc(CC)c1N1CC(C(=O)N2CCN(CC)CC2)CC1=O. The Kier molecular flexibility index (Phi) is 5.97. The molecule has 2 fully saturated rings. The van der Waals surface area contributed by atoms with Crippen molar-refractivity contribution in [1.82, 2.24) is 9.80 Å². The lowest BCUT2D eigenvalue weighted by Gasteiger charge is -2.35. The third-order valence-electron chi connectivity index (χ3n) is 5.84. The summed E-state index contributed by atoms with van der Waals surface area (Å²) in [6.45, 7) is 11.4. The van der Waals surface area contributed by atoms with Crippen LogP contribution >= 0.6 is 0 Å². The number of benzene rings is 1. The smallest absolute Gasteiger partial charge is 0.228 e. The molecule has 0 bridgehead atoms. The maximum atomic E-state index is 13.0. The maximum absolute atomic E-state index is 13.0. The first-order valence-electron chi connectivity index (χ1n) is 10.0. The fourth-order valence-electron chi connectivity index (χ4n) is 4.19. The van der Waals surface area contributed by atoms with Gasteiger partial charge < -0.3 is 14.7 Å². The molecule has 142 valence electrons. The van der Waals surface area contributed by atoms with Gasteiger partial charge in [0.25, 0.3) is 0 Å². The zero-order chi connectivity index (χ0) is 18.7. The summed E-state index contributed by atoms with van der Waals surface area (Å²) in [4.78, 5) is 31.9. The average molecular weight is 357 g/mol. The van der Waals surface area contributed by atoms with E-state index < -0.39 is 0 Å². The molecule has 2 heterocycles. The predicted octanol–water partition coefficient (Wildman–Crippen LogP) is 2.33. The van der Waals surface area contributed by atoms with Gasteiger partial charge in [0.15, 0.2) is 0 Å². The second kappa shape index (κ2) is 8.21. The van der Waals surface area contributed by atoms with Crippen molar-refractivity contribution in [3.8, 4) is 0 Å². The molecule has 5 nitrogen and oxygen atoms in total. The van der Waals surface area contributed by atoms with E-state index in [1.165, 1.54) is 11.1 Å². The van der Waals surface area contributed by atoms with Gasteiger partial charge in [-0.25, -0.2) is 0 Å². The Bertz CT molecular complexity index is 643. The van der Waals surface area contributed by atoms with Crippen LogP contribution in [0.4, 0.5) is 5.69 Å². The van der Waals surface area contributed by atoms with E-state index in [9.17, 15) is 9.59 Å². The van der Waals surface area contributed by atoms with Crippen molar-refractivity contribution < 1.29 is 9.59 Å². The highest BCUT2D eigenvalue weighted by Gasteiger charge is 2.38. The third kappa shape index (κ3) is 3.63. The summed E-state index contributed by atoms with van der Waals surface area (Å²) in [7, 11) is 0. The molecule has 1 unspecified atom stereocenters. The molecule has 0 aliphatic carbocycles. The number of piperazine rings is 1. The van der Waals surface area contributed by atoms with E-state index in [1.54, 1.807) is 0 Å². The van der Waals surface area contributed by atoms with Crippen LogP contribution in [0, 0.1) is 5.92 Å². The van der Waals surface area contributed by atoms with Gasteiger partial charge in [0.1, 0.15) is 0 Å². The minimum absolute atomic E-state index is 0.0890. The molecule has 1 atom stereocenters. The molecular weight excluding hydrogens is 326 g/mol. The first-order valence-corrected chi connectivity index (χ1v) is 10.0. The quantitative estimate of drug-likeness (QED) is 0.812. The number of rotatable bonds is 5. The standard InChI is InChI=1S/C21H31N3O2/c1-4-16-8-7-9-17(5-2)20(16)24-15-18(14-19(24)25)21(26)23-12-10-22(6-3)11-13-23/h7-9,18H,4-6,10-15H2,1-3H3. The zero-order valence-corrected chi connectivity index (χ0v) is 16.3. The van der Waals surface area contributed by atoms with E-state index in [2.05, 4.69) is 43.9 Å². The Morgan fingerprint density at radius 3 is 2.19 bits per heavy atom. The lowest BCUT2D eigenvalue weighted by atomic mass is 10.0. The van der Waals surface area contributed by atoms with Crippen molar-refractivity contribution in [3.05, 3.63) is 29.3 Å². The fourth-order valence-corrected chi connectivity index (χ4v) is 4.19. The molecule has 0 saturated carbocycles. The zero-order valence-electron chi connectivity index (χ0n) is 16.3. The molecule has 0 aromatic heterocycles. The largest absolute Gasteiger partial charge is 0.340 e. The highest BCUT2D eigenvalue weighted by atomic mass is 16.2. The highest BCUT2D eigenvalue weighted by Crippen LogP contribution is 2.33. The van der Waals surface area contributed by atoms with Gasteiger partial charge >= 0.3 is 0 Å². The number of hydrogen-bond acceptors (Lipinski definition) is 3. The lowest BCUT2D eigenvalue weighted by molar-refractivity contribution is -0.137. The van der Waals surface area contributed by atoms with Crippen molar-refractivity contribution in [3.63, 3.8) is 0 Å². The minimum Gasteiger partial charge on any atom is -0.340 e. The van der Waals surface area contributed by atoms with Crippen molar-refractivity contribution >= 4 is 17.5 Å². The number of para-hydroxylation sites is 1. The van der Waals surface area contributed by atoms with Gasteiger partial charge in [-0.15, -0.1) is 0 Å². The summed E-state index contributed by atoms with van der Waals surface area (Å²) in [5, 5.41) is 0. The van der Waals surface area contributed by atoms with Gasteiger partial charge in [-0.05, 0) is 30.5 Å². The summed E-state index contributed by atoms with van der Waals surface area (Å²) < 4.78 is 0. The predicted molar refractivity (Wildman–Crippen MR) is 104 cm³/mol. The summed E-state index contributed by atoms with van der Waals surface area (Å²) >= 11 is 0. The molecule has 26 heavy (non-hydrogen) atoms. The second-order valence-electron chi connectivity index (χ2n) is 7.30. The third-order valence-corrected chi connectivity index (χ3v) is 5.84. The van der Waals surface area contributed by atoms with E-state index in [-0.39, 0.29) is 17.7 Å². The number of likely N-dealkylation sites (N-methyl/N-ethyl adjacent to an activating group) is 1. The van der Waals surface area contributed by atoms with Gasteiger partial charge in [0.05, 0.1) is 5.92 Å². The van der Waals surface area contributed by atoms with Crippen LogP contribution in [0.5, 0.6) is 0 Å². The van der Waals surface area contributed by atoms with E-state index in [1.807, 2.05) is 9.80 Å². The Hall–Kier alpha value is -1.88. The monoisotopic (exact) mass is 357 g/mol. The number of carbonyl (C=O) groups is 2. The molecule has 5 heteroatoms. The molecular formula is C21H31N3O2. The number of carbonyl (C=O) groups excluding carboxylic acids is 2. The molecule has 0 radical (unpaired) electrons. The molecule has 3 rings (SSSR count). The number of hydrogen-bond donors (Lipinski definition) is 0. The van der Waals surface area contributed by atoms with Crippen LogP contribution in [0.25, 0.3) is 0 Å². The van der Waals surface area contributed by atoms with Gasteiger partial charge in [-0.3, -0.25) is 9.59 Å². The first kappa shape index (κ1) is 18.9. The summed E-state index contributed by atoms with van der Waals surface area (Å²) in [6.07, 6.45) is 2.13. The van der Waals surface area contributed by atoms with E-state index in [0.717, 1.165) is 51.3 Å².